The van der Waals surface area contributed by atoms with E-state index in [0.29, 0.717) is 0 Å². The third-order valence-corrected chi connectivity index (χ3v) is 4.13. The molecule has 0 saturated heterocycles. The van der Waals surface area contributed by atoms with Gasteiger partial charge in [0.25, 0.3) is 11.6 Å². The van der Waals surface area contributed by atoms with Crippen molar-refractivity contribution in [3.63, 3.8) is 0 Å². The first-order valence-electron chi connectivity index (χ1n) is 9.16. The van der Waals surface area contributed by atoms with Crippen LogP contribution in [0.1, 0.15) is 29.8 Å². The van der Waals surface area contributed by atoms with Crippen LogP contribution in [-0.4, -0.2) is 36.6 Å². The lowest BCUT2D eigenvalue weighted by atomic mass is 10.1. The van der Waals surface area contributed by atoms with E-state index in [4.69, 9.17) is 14.2 Å². The van der Waals surface area contributed by atoms with Crippen molar-refractivity contribution in [2.24, 2.45) is 0 Å². The topological polar surface area (TPSA) is 117 Å². The molecule has 32 heavy (non-hydrogen) atoms. The summed E-state index contributed by atoms with van der Waals surface area (Å²) >= 11 is 0. The van der Waals surface area contributed by atoms with Gasteiger partial charge in [0.15, 0.2) is 17.6 Å². The second-order valence-corrected chi connectivity index (χ2v) is 6.32. The molecule has 0 aliphatic carbocycles. The van der Waals surface area contributed by atoms with Crippen molar-refractivity contribution in [3.05, 3.63) is 57.6 Å². The van der Waals surface area contributed by atoms with E-state index in [1.165, 1.54) is 14.0 Å². The number of ether oxygens (including phenoxy) is 3. The van der Waals surface area contributed by atoms with Crippen LogP contribution in [0.5, 0.6) is 11.5 Å². The fourth-order valence-electron chi connectivity index (χ4n) is 2.56. The highest BCUT2D eigenvalue weighted by Crippen LogP contribution is 2.35. The molecule has 2 aromatic rings. The van der Waals surface area contributed by atoms with Crippen molar-refractivity contribution >= 4 is 23.3 Å². The smallest absolute Gasteiger partial charge is 0.416 e. The van der Waals surface area contributed by atoms with Gasteiger partial charge in [-0.25, -0.2) is 4.79 Å². The Morgan fingerprint density at radius 1 is 1.16 bits per heavy atom. The Hall–Kier alpha value is -3.83. The van der Waals surface area contributed by atoms with E-state index < -0.39 is 45.9 Å². The maximum atomic E-state index is 12.6. The predicted molar refractivity (Wildman–Crippen MR) is 106 cm³/mol. The zero-order chi connectivity index (χ0) is 24.1. The highest BCUT2D eigenvalue weighted by atomic mass is 19.4. The van der Waals surface area contributed by atoms with Crippen LogP contribution in [0.25, 0.3) is 0 Å². The molecule has 0 heterocycles. The molecule has 0 aliphatic rings. The number of nitro groups is 1. The van der Waals surface area contributed by atoms with Gasteiger partial charge in [-0.3, -0.25) is 14.9 Å². The number of carbonyl (C=O) groups is 2. The van der Waals surface area contributed by atoms with Gasteiger partial charge in [-0.2, -0.15) is 13.2 Å². The first-order chi connectivity index (χ1) is 15.0. The molecule has 9 nitrogen and oxygen atoms in total. The predicted octanol–water partition coefficient (Wildman–Crippen LogP) is 4.20. The number of carbonyl (C=O) groups excluding carboxylic acids is 2. The molecule has 2 aromatic carbocycles. The number of hydrogen-bond acceptors (Lipinski definition) is 7. The number of benzene rings is 2. The third kappa shape index (κ3) is 5.86. The Bertz CT molecular complexity index is 1010. The number of halogens is 3. The number of methoxy groups -OCH3 is 1. The number of hydrogen-bond donors (Lipinski definition) is 1. The summed E-state index contributed by atoms with van der Waals surface area (Å²) in [6.07, 6.45) is -5.94. The molecule has 0 bridgehead atoms. The molecule has 0 fully saturated rings. The van der Waals surface area contributed by atoms with Gasteiger partial charge in [-0.1, -0.05) is 0 Å². The van der Waals surface area contributed by atoms with Gasteiger partial charge in [0.2, 0.25) is 0 Å². The number of amides is 1. The average molecular weight is 456 g/mol. The molecule has 0 aromatic heterocycles. The lowest BCUT2D eigenvalue weighted by Crippen LogP contribution is -2.30. The van der Waals surface area contributed by atoms with E-state index in [1.807, 2.05) is 0 Å². The van der Waals surface area contributed by atoms with Crippen molar-refractivity contribution in [1.29, 1.82) is 0 Å². The maximum absolute atomic E-state index is 12.6. The highest BCUT2D eigenvalue weighted by Gasteiger charge is 2.31. The first kappa shape index (κ1) is 24.4. The summed E-state index contributed by atoms with van der Waals surface area (Å²) in [5.41, 5.74) is -1.94. The second-order valence-electron chi connectivity index (χ2n) is 6.32. The molecule has 172 valence electrons. The maximum Gasteiger partial charge on any atom is 0.416 e. The molecule has 12 heteroatoms. The van der Waals surface area contributed by atoms with Crippen LogP contribution in [0.4, 0.5) is 24.5 Å². The second kappa shape index (κ2) is 9.98. The van der Waals surface area contributed by atoms with E-state index in [-0.39, 0.29) is 23.8 Å². The molecule has 0 spiro atoms. The van der Waals surface area contributed by atoms with Crippen LogP contribution in [0.3, 0.4) is 0 Å². The van der Waals surface area contributed by atoms with E-state index in [9.17, 15) is 32.9 Å². The third-order valence-electron chi connectivity index (χ3n) is 4.13. The summed E-state index contributed by atoms with van der Waals surface area (Å²) in [7, 11) is 1.27. The number of nitro benzene ring substituents is 1. The number of esters is 1. The van der Waals surface area contributed by atoms with Gasteiger partial charge in [0.05, 0.1) is 30.3 Å². The molecular weight excluding hydrogens is 437 g/mol. The summed E-state index contributed by atoms with van der Waals surface area (Å²) in [5.74, 6) is -1.92. The highest BCUT2D eigenvalue weighted by molar-refractivity contribution is 5.99. The van der Waals surface area contributed by atoms with Gasteiger partial charge in [-0.15, -0.1) is 0 Å². The normalized spacial score (nSPS) is 11.9. The minimum absolute atomic E-state index is 0.0307. The minimum atomic E-state index is -4.53. The molecule has 1 N–H and O–H groups in total. The summed E-state index contributed by atoms with van der Waals surface area (Å²) in [5, 5.41) is 13.7. The van der Waals surface area contributed by atoms with E-state index >= 15 is 0 Å². The van der Waals surface area contributed by atoms with E-state index in [0.717, 1.165) is 36.4 Å². The van der Waals surface area contributed by atoms with Crippen molar-refractivity contribution < 1.29 is 41.9 Å². The van der Waals surface area contributed by atoms with E-state index in [2.05, 4.69) is 5.32 Å². The summed E-state index contributed by atoms with van der Waals surface area (Å²) < 4.78 is 53.2. The number of alkyl halides is 3. The molecule has 1 atom stereocenters. The molecule has 2 rings (SSSR count). The van der Waals surface area contributed by atoms with Gasteiger partial charge in [0.1, 0.15) is 5.56 Å². The van der Waals surface area contributed by atoms with Crippen LogP contribution in [0.2, 0.25) is 0 Å². The Balaban J connectivity index is 2.18. The van der Waals surface area contributed by atoms with Gasteiger partial charge in [-0.05, 0) is 38.1 Å². The fraction of sp³-hybridized carbons (Fsp3) is 0.300. The van der Waals surface area contributed by atoms with Crippen LogP contribution in [0.15, 0.2) is 36.4 Å². The first-order valence-corrected chi connectivity index (χ1v) is 9.16. The van der Waals surface area contributed by atoms with Crippen molar-refractivity contribution in [2.75, 3.05) is 19.0 Å². The van der Waals surface area contributed by atoms with Crippen LogP contribution >= 0.6 is 0 Å². The summed E-state index contributed by atoms with van der Waals surface area (Å²) in [6.45, 7) is 3.05. The lowest BCUT2D eigenvalue weighted by Gasteiger charge is -2.15. The van der Waals surface area contributed by atoms with Gasteiger partial charge in [0, 0.05) is 11.8 Å². The molecular formula is C20H19F3N2O7. The zero-order valence-electron chi connectivity index (χ0n) is 17.2. The van der Waals surface area contributed by atoms with Crippen molar-refractivity contribution in [1.82, 2.24) is 0 Å². The molecule has 1 unspecified atom stereocenters. The van der Waals surface area contributed by atoms with Gasteiger partial charge < -0.3 is 19.5 Å². The number of nitrogens with zero attached hydrogens (tertiary/aromatic N) is 1. The number of nitrogens with one attached hydrogen (secondary N) is 1. The number of rotatable bonds is 8. The Labute approximate surface area is 180 Å². The van der Waals surface area contributed by atoms with Crippen molar-refractivity contribution in [3.8, 4) is 11.5 Å². The Kier molecular flexibility index (Phi) is 7.63. The summed E-state index contributed by atoms with van der Waals surface area (Å²) in [4.78, 5) is 35.3. The molecule has 1 amide bonds. The molecule has 0 aliphatic heterocycles. The zero-order valence-corrected chi connectivity index (χ0v) is 17.2. The van der Waals surface area contributed by atoms with E-state index in [1.54, 1.807) is 6.92 Å². The van der Waals surface area contributed by atoms with Gasteiger partial charge >= 0.3 is 12.1 Å². The fourth-order valence-corrected chi connectivity index (χ4v) is 2.56. The quantitative estimate of drug-likeness (QED) is 0.359. The average Bonchev–Trinajstić information content (AvgIpc) is 2.73. The SMILES string of the molecule is CCOc1cc(C(=O)OC(C)C(=O)Nc2ccc(C(F)(F)F)cc2)c([N+](=O)[O-])cc1OC. The van der Waals surface area contributed by atoms with Crippen LogP contribution in [0, 0.1) is 10.1 Å². The standard InChI is InChI=1S/C20H19F3N2O7/c1-4-31-17-9-14(15(25(28)29)10-16(17)30-3)19(27)32-11(2)18(26)24-13-7-5-12(6-8-13)20(21,22)23/h5-11H,4H2,1-3H3,(H,24,26). The monoisotopic (exact) mass is 456 g/mol. The minimum Gasteiger partial charge on any atom is -0.493 e. The largest absolute Gasteiger partial charge is 0.493 e. The summed E-state index contributed by atoms with van der Waals surface area (Å²) in [6, 6.07) is 5.71. The number of anilines is 1. The molecule has 0 saturated carbocycles. The van der Waals surface area contributed by atoms with Crippen LogP contribution in [-0.2, 0) is 15.7 Å². The molecule has 0 radical (unpaired) electrons. The van der Waals surface area contributed by atoms with Crippen LogP contribution < -0.4 is 14.8 Å². The Morgan fingerprint density at radius 2 is 1.78 bits per heavy atom. The van der Waals surface area contributed by atoms with Crippen molar-refractivity contribution in [2.45, 2.75) is 26.1 Å². The Morgan fingerprint density at radius 3 is 2.28 bits per heavy atom. The lowest BCUT2D eigenvalue weighted by molar-refractivity contribution is -0.385.